The molecule has 0 aliphatic carbocycles. The van der Waals surface area contributed by atoms with Gasteiger partial charge in [0.15, 0.2) is 0 Å². The molecule has 2 aromatic rings. The predicted octanol–water partition coefficient (Wildman–Crippen LogP) is 3.59. The first kappa shape index (κ1) is 12.8. The third kappa shape index (κ3) is 3.42. The van der Waals surface area contributed by atoms with Gasteiger partial charge in [-0.25, -0.2) is 4.98 Å². The van der Waals surface area contributed by atoms with Gasteiger partial charge in [-0.1, -0.05) is 35.9 Å². The van der Waals surface area contributed by atoms with Gasteiger partial charge in [-0.05, 0) is 17.7 Å². The first-order valence-corrected chi connectivity index (χ1v) is 6.50. The highest BCUT2D eigenvalue weighted by Crippen LogP contribution is 2.19. The molecule has 1 heterocycles. The molecule has 0 aliphatic rings. The zero-order valence-electron chi connectivity index (χ0n) is 9.34. The Labute approximate surface area is 113 Å². The third-order valence-electron chi connectivity index (χ3n) is 2.21. The molecule has 18 heavy (non-hydrogen) atoms. The zero-order valence-corrected chi connectivity index (χ0v) is 10.9. The quantitative estimate of drug-likeness (QED) is 0.930. The summed E-state index contributed by atoms with van der Waals surface area (Å²) in [7, 11) is 0. The monoisotopic (exact) mass is 279 g/mol. The summed E-state index contributed by atoms with van der Waals surface area (Å²) < 4.78 is 0. The number of aliphatic carboxylic acids is 1. The molecule has 3 nitrogen and oxygen atoms in total. The molecule has 0 bridgehead atoms. The standard InChI is InChI=1S/C13H10ClNO2S/c14-11-4-2-1-3-9(11)5-6-12-15-10(8-18-12)7-13(16)17/h1-6,8H,7H2,(H,16,17). The second-order valence-electron chi connectivity index (χ2n) is 3.60. The minimum absolute atomic E-state index is 0.0452. The summed E-state index contributed by atoms with van der Waals surface area (Å²) in [4.78, 5) is 14.7. The lowest BCUT2D eigenvalue weighted by Crippen LogP contribution is -1.99. The van der Waals surface area contributed by atoms with Crippen molar-refractivity contribution >= 4 is 41.1 Å². The van der Waals surface area contributed by atoms with E-state index in [0.29, 0.717) is 10.7 Å². The number of hydrogen-bond acceptors (Lipinski definition) is 3. The summed E-state index contributed by atoms with van der Waals surface area (Å²) in [5.41, 5.74) is 1.49. The Kier molecular flexibility index (Phi) is 4.12. The largest absolute Gasteiger partial charge is 0.481 e. The molecule has 1 aromatic heterocycles. The lowest BCUT2D eigenvalue weighted by Gasteiger charge is -1.95. The number of hydrogen-bond donors (Lipinski definition) is 1. The number of benzene rings is 1. The first-order valence-electron chi connectivity index (χ1n) is 5.24. The van der Waals surface area contributed by atoms with Gasteiger partial charge in [0.1, 0.15) is 5.01 Å². The molecule has 0 aliphatic heterocycles. The topological polar surface area (TPSA) is 50.2 Å². The fraction of sp³-hybridized carbons (Fsp3) is 0.0769. The molecule has 92 valence electrons. The number of carboxylic acids is 1. The molecule has 0 atom stereocenters. The summed E-state index contributed by atoms with van der Waals surface area (Å²) in [6.45, 7) is 0. The highest BCUT2D eigenvalue weighted by molar-refractivity contribution is 7.10. The van der Waals surface area contributed by atoms with Gasteiger partial charge in [-0.2, -0.15) is 0 Å². The molecular formula is C13H10ClNO2S. The molecule has 0 amide bonds. The molecule has 1 N–H and O–H groups in total. The third-order valence-corrected chi connectivity index (χ3v) is 3.42. The van der Waals surface area contributed by atoms with Crippen LogP contribution in [0, 0.1) is 0 Å². The Morgan fingerprint density at radius 2 is 2.17 bits per heavy atom. The van der Waals surface area contributed by atoms with E-state index in [0.717, 1.165) is 10.6 Å². The summed E-state index contributed by atoms with van der Waals surface area (Å²) in [6, 6.07) is 7.50. The van der Waals surface area contributed by atoms with Gasteiger partial charge in [0.25, 0.3) is 0 Å². The summed E-state index contributed by atoms with van der Waals surface area (Å²) >= 11 is 7.43. The first-order chi connectivity index (χ1) is 8.65. The highest BCUT2D eigenvalue weighted by Gasteiger charge is 2.04. The fourth-order valence-electron chi connectivity index (χ4n) is 1.41. The molecule has 5 heteroatoms. The van der Waals surface area contributed by atoms with Gasteiger partial charge in [-0.3, -0.25) is 4.79 Å². The molecule has 0 spiro atoms. The number of carboxylic acid groups (broad SMARTS) is 1. The van der Waals surface area contributed by atoms with Crippen molar-refractivity contribution in [2.24, 2.45) is 0 Å². The SMILES string of the molecule is O=C(O)Cc1csc(C=Cc2ccccc2Cl)n1. The van der Waals surface area contributed by atoms with Crippen molar-refractivity contribution in [2.45, 2.75) is 6.42 Å². The summed E-state index contributed by atoms with van der Waals surface area (Å²) in [5, 5.41) is 11.8. The van der Waals surface area contributed by atoms with Crippen LogP contribution in [-0.4, -0.2) is 16.1 Å². The summed E-state index contributed by atoms with van der Waals surface area (Å²) in [5.74, 6) is -0.873. The van der Waals surface area contributed by atoms with E-state index in [2.05, 4.69) is 4.98 Å². The van der Waals surface area contributed by atoms with Crippen LogP contribution >= 0.6 is 22.9 Å². The lowest BCUT2D eigenvalue weighted by atomic mass is 10.2. The van der Waals surface area contributed by atoms with Gasteiger partial charge in [0.05, 0.1) is 12.1 Å². The Bertz CT molecular complexity index is 592. The normalized spacial score (nSPS) is 10.9. The average molecular weight is 280 g/mol. The van der Waals surface area contributed by atoms with Crippen molar-refractivity contribution < 1.29 is 9.90 Å². The van der Waals surface area contributed by atoms with Crippen molar-refractivity contribution in [3.05, 3.63) is 50.9 Å². The smallest absolute Gasteiger partial charge is 0.309 e. The van der Waals surface area contributed by atoms with Crippen LogP contribution in [0.1, 0.15) is 16.3 Å². The number of halogens is 1. The zero-order chi connectivity index (χ0) is 13.0. The van der Waals surface area contributed by atoms with Crippen molar-refractivity contribution in [3.63, 3.8) is 0 Å². The van der Waals surface area contributed by atoms with E-state index in [4.69, 9.17) is 16.7 Å². The van der Waals surface area contributed by atoms with Crippen LogP contribution < -0.4 is 0 Å². The molecule has 0 saturated heterocycles. The maximum Gasteiger partial charge on any atom is 0.309 e. The Morgan fingerprint density at radius 1 is 1.39 bits per heavy atom. The van der Waals surface area contributed by atoms with Crippen LogP contribution in [0.15, 0.2) is 29.6 Å². The van der Waals surface area contributed by atoms with Gasteiger partial charge < -0.3 is 5.11 Å². The van der Waals surface area contributed by atoms with Crippen LogP contribution in [-0.2, 0) is 11.2 Å². The van der Waals surface area contributed by atoms with E-state index >= 15 is 0 Å². The minimum atomic E-state index is -0.873. The molecule has 0 radical (unpaired) electrons. The Balaban J connectivity index is 2.12. The lowest BCUT2D eigenvalue weighted by molar-refractivity contribution is -0.136. The van der Waals surface area contributed by atoms with Crippen LogP contribution in [0.5, 0.6) is 0 Å². The number of carbonyl (C=O) groups is 1. The fourth-order valence-corrected chi connectivity index (χ4v) is 2.31. The molecular weight excluding hydrogens is 270 g/mol. The van der Waals surface area contributed by atoms with E-state index < -0.39 is 5.97 Å². The van der Waals surface area contributed by atoms with Gasteiger partial charge >= 0.3 is 5.97 Å². The molecule has 1 aromatic carbocycles. The van der Waals surface area contributed by atoms with E-state index in [1.54, 1.807) is 5.38 Å². The summed E-state index contributed by atoms with van der Waals surface area (Å²) in [6.07, 6.45) is 3.65. The Hall–Kier alpha value is -1.65. The van der Waals surface area contributed by atoms with Crippen LogP contribution in [0.2, 0.25) is 5.02 Å². The van der Waals surface area contributed by atoms with E-state index in [1.807, 2.05) is 36.4 Å². The van der Waals surface area contributed by atoms with E-state index in [-0.39, 0.29) is 6.42 Å². The van der Waals surface area contributed by atoms with E-state index in [9.17, 15) is 4.79 Å². The number of thiazole rings is 1. The Morgan fingerprint density at radius 3 is 2.89 bits per heavy atom. The van der Waals surface area contributed by atoms with Gasteiger partial charge in [0, 0.05) is 10.4 Å². The van der Waals surface area contributed by atoms with Crippen LogP contribution in [0.3, 0.4) is 0 Å². The number of nitrogens with zero attached hydrogens (tertiary/aromatic N) is 1. The van der Waals surface area contributed by atoms with E-state index in [1.165, 1.54) is 11.3 Å². The van der Waals surface area contributed by atoms with Crippen LogP contribution in [0.25, 0.3) is 12.2 Å². The van der Waals surface area contributed by atoms with Crippen molar-refractivity contribution in [1.29, 1.82) is 0 Å². The van der Waals surface area contributed by atoms with Crippen molar-refractivity contribution in [2.75, 3.05) is 0 Å². The van der Waals surface area contributed by atoms with Crippen LogP contribution in [0.4, 0.5) is 0 Å². The maximum atomic E-state index is 10.5. The number of aromatic nitrogens is 1. The molecule has 0 fully saturated rings. The molecule has 0 unspecified atom stereocenters. The van der Waals surface area contributed by atoms with Gasteiger partial charge in [0.2, 0.25) is 0 Å². The average Bonchev–Trinajstić information content (AvgIpc) is 2.75. The second-order valence-corrected chi connectivity index (χ2v) is 4.90. The molecule has 0 saturated carbocycles. The molecule has 2 rings (SSSR count). The predicted molar refractivity (Wildman–Crippen MR) is 73.8 cm³/mol. The van der Waals surface area contributed by atoms with Crippen molar-refractivity contribution in [3.8, 4) is 0 Å². The highest BCUT2D eigenvalue weighted by atomic mass is 35.5. The maximum absolute atomic E-state index is 10.5. The second kappa shape index (κ2) is 5.80. The van der Waals surface area contributed by atoms with Gasteiger partial charge in [-0.15, -0.1) is 11.3 Å². The minimum Gasteiger partial charge on any atom is -0.481 e. The van der Waals surface area contributed by atoms with Crippen molar-refractivity contribution in [1.82, 2.24) is 4.98 Å². The number of rotatable bonds is 4.